The van der Waals surface area contributed by atoms with Crippen LogP contribution in [0.3, 0.4) is 0 Å². The molecule has 0 amide bonds. The number of nitrogens with one attached hydrogen (secondary N) is 1. The van der Waals surface area contributed by atoms with E-state index in [-0.39, 0.29) is 36.0 Å². The van der Waals surface area contributed by atoms with E-state index in [4.69, 9.17) is 5.73 Å². The van der Waals surface area contributed by atoms with Crippen LogP contribution in [0.1, 0.15) is 11.1 Å². The summed E-state index contributed by atoms with van der Waals surface area (Å²) < 4.78 is 53.9. The predicted octanol–water partition coefficient (Wildman–Crippen LogP) is 1.23. The van der Waals surface area contributed by atoms with Gasteiger partial charge in [-0.25, -0.2) is 21.6 Å². The number of nitrogens with two attached hydrogens (primary N) is 1. The highest BCUT2D eigenvalue weighted by atomic mass is 32.2. The standard InChI is InChI=1S/C18H25N3O4S2/c1-15-3-7-17(8-4-15)26(22,23)20-12-14-21(13-11-19)27(24,25)18-9-5-16(2)6-10-18/h3-10,20H,11-14,19H2,1-2H3. The summed E-state index contributed by atoms with van der Waals surface area (Å²) in [5.74, 6) is 0. The highest BCUT2D eigenvalue weighted by Gasteiger charge is 2.24. The Morgan fingerprint density at radius 2 is 1.30 bits per heavy atom. The summed E-state index contributed by atoms with van der Waals surface area (Å²) in [7, 11) is -7.46. The maximum Gasteiger partial charge on any atom is 0.243 e. The van der Waals surface area contributed by atoms with Crippen LogP contribution in [0, 0.1) is 13.8 Å². The third-order valence-electron chi connectivity index (χ3n) is 4.02. The monoisotopic (exact) mass is 411 g/mol. The molecule has 0 aliphatic rings. The third kappa shape index (κ3) is 5.60. The number of aryl methyl sites for hydroxylation is 2. The summed E-state index contributed by atoms with van der Waals surface area (Å²) in [5, 5.41) is 0. The van der Waals surface area contributed by atoms with Crippen molar-refractivity contribution in [3.63, 3.8) is 0 Å². The van der Waals surface area contributed by atoms with Crippen LogP contribution in [0.4, 0.5) is 0 Å². The molecule has 0 saturated carbocycles. The van der Waals surface area contributed by atoms with Crippen LogP contribution in [0.15, 0.2) is 58.3 Å². The Morgan fingerprint density at radius 1 is 0.815 bits per heavy atom. The van der Waals surface area contributed by atoms with Crippen molar-refractivity contribution in [1.82, 2.24) is 9.03 Å². The lowest BCUT2D eigenvalue weighted by Gasteiger charge is -2.22. The van der Waals surface area contributed by atoms with Crippen molar-refractivity contribution in [1.29, 1.82) is 0 Å². The highest BCUT2D eigenvalue weighted by molar-refractivity contribution is 7.89. The minimum atomic E-state index is -3.75. The van der Waals surface area contributed by atoms with Crippen molar-refractivity contribution in [2.45, 2.75) is 23.6 Å². The first-order valence-corrected chi connectivity index (χ1v) is 11.4. The second-order valence-corrected chi connectivity index (χ2v) is 9.92. The number of nitrogens with zero attached hydrogens (tertiary/aromatic N) is 1. The van der Waals surface area contributed by atoms with Crippen LogP contribution < -0.4 is 10.5 Å². The van der Waals surface area contributed by atoms with Crippen LogP contribution in [0.25, 0.3) is 0 Å². The zero-order valence-corrected chi connectivity index (χ0v) is 17.1. The number of rotatable bonds is 9. The SMILES string of the molecule is Cc1ccc(S(=O)(=O)NCCN(CCN)S(=O)(=O)c2ccc(C)cc2)cc1. The van der Waals surface area contributed by atoms with Crippen LogP contribution in [-0.2, 0) is 20.0 Å². The third-order valence-corrected chi connectivity index (χ3v) is 7.41. The van der Waals surface area contributed by atoms with Crippen molar-refractivity contribution in [3.8, 4) is 0 Å². The van der Waals surface area contributed by atoms with Crippen LogP contribution in [-0.4, -0.2) is 47.3 Å². The number of benzene rings is 2. The molecule has 3 N–H and O–H groups in total. The van der Waals surface area contributed by atoms with Gasteiger partial charge in [-0.2, -0.15) is 4.31 Å². The van der Waals surface area contributed by atoms with Gasteiger partial charge in [0.1, 0.15) is 0 Å². The molecule has 0 saturated heterocycles. The maximum atomic E-state index is 12.8. The molecule has 27 heavy (non-hydrogen) atoms. The predicted molar refractivity (Wildman–Crippen MR) is 105 cm³/mol. The van der Waals surface area contributed by atoms with Crippen LogP contribution in [0.5, 0.6) is 0 Å². The number of hydrogen-bond donors (Lipinski definition) is 2. The summed E-state index contributed by atoms with van der Waals surface area (Å²) in [4.78, 5) is 0.294. The molecule has 0 fully saturated rings. The molecule has 7 nitrogen and oxygen atoms in total. The van der Waals surface area contributed by atoms with E-state index in [9.17, 15) is 16.8 Å². The normalized spacial score (nSPS) is 12.4. The van der Waals surface area contributed by atoms with Gasteiger partial charge in [0.15, 0.2) is 0 Å². The van der Waals surface area contributed by atoms with Crippen molar-refractivity contribution >= 4 is 20.0 Å². The Labute approximate surface area is 161 Å². The van der Waals surface area contributed by atoms with E-state index in [1.807, 2.05) is 13.8 Å². The fourth-order valence-corrected chi connectivity index (χ4v) is 4.94. The Hall–Kier alpha value is -1.78. The smallest absolute Gasteiger partial charge is 0.243 e. The molecule has 2 rings (SSSR count). The lowest BCUT2D eigenvalue weighted by atomic mass is 10.2. The maximum absolute atomic E-state index is 12.8. The Kier molecular flexibility index (Phi) is 7.12. The molecule has 0 aromatic heterocycles. The quantitative estimate of drug-likeness (QED) is 0.645. The second kappa shape index (κ2) is 8.94. The summed E-state index contributed by atoms with van der Waals surface area (Å²) >= 11 is 0. The highest BCUT2D eigenvalue weighted by Crippen LogP contribution is 2.16. The lowest BCUT2D eigenvalue weighted by Crippen LogP contribution is -2.41. The summed E-state index contributed by atoms with van der Waals surface area (Å²) in [6.45, 7) is 3.90. The van der Waals surface area contributed by atoms with Crippen LogP contribution >= 0.6 is 0 Å². The Balaban J connectivity index is 2.10. The van der Waals surface area contributed by atoms with E-state index in [2.05, 4.69) is 4.72 Å². The van der Waals surface area contributed by atoms with Gasteiger partial charge in [-0.1, -0.05) is 35.4 Å². The fourth-order valence-electron chi connectivity index (χ4n) is 2.46. The lowest BCUT2D eigenvalue weighted by molar-refractivity contribution is 0.420. The molecule has 2 aromatic rings. The summed E-state index contributed by atoms with van der Waals surface area (Å²) in [5.41, 5.74) is 7.45. The molecular formula is C18H25N3O4S2. The minimum Gasteiger partial charge on any atom is -0.329 e. The van der Waals surface area contributed by atoms with E-state index in [1.165, 1.54) is 28.6 Å². The van der Waals surface area contributed by atoms with Gasteiger partial charge in [0.25, 0.3) is 0 Å². The van der Waals surface area contributed by atoms with E-state index in [1.54, 1.807) is 24.3 Å². The number of hydrogen-bond acceptors (Lipinski definition) is 5. The molecule has 0 aliphatic heterocycles. The summed E-state index contributed by atoms with van der Waals surface area (Å²) in [6, 6.07) is 12.9. The first kappa shape index (κ1) is 21.5. The molecule has 9 heteroatoms. The van der Waals surface area contributed by atoms with Gasteiger partial charge in [0.05, 0.1) is 9.79 Å². The molecular weight excluding hydrogens is 386 g/mol. The largest absolute Gasteiger partial charge is 0.329 e. The van der Waals surface area contributed by atoms with E-state index >= 15 is 0 Å². The fraction of sp³-hybridized carbons (Fsp3) is 0.333. The molecule has 0 atom stereocenters. The van der Waals surface area contributed by atoms with Gasteiger partial charge in [0.2, 0.25) is 20.0 Å². The zero-order chi connectivity index (χ0) is 20.1. The molecule has 0 spiro atoms. The topological polar surface area (TPSA) is 110 Å². The van der Waals surface area contributed by atoms with Crippen molar-refractivity contribution in [2.75, 3.05) is 26.2 Å². The minimum absolute atomic E-state index is 0.0154. The first-order valence-electron chi connectivity index (χ1n) is 8.50. The molecule has 0 aliphatic carbocycles. The van der Waals surface area contributed by atoms with Gasteiger partial charge >= 0.3 is 0 Å². The van der Waals surface area contributed by atoms with Crippen molar-refractivity contribution < 1.29 is 16.8 Å². The van der Waals surface area contributed by atoms with Crippen LogP contribution in [0.2, 0.25) is 0 Å². The van der Waals surface area contributed by atoms with Gasteiger partial charge in [-0.05, 0) is 38.1 Å². The Bertz CT molecular complexity index is 955. The molecule has 0 heterocycles. The van der Waals surface area contributed by atoms with Crippen molar-refractivity contribution in [3.05, 3.63) is 59.7 Å². The van der Waals surface area contributed by atoms with E-state index in [0.29, 0.717) is 0 Å². The average molecular weight is 412 g/mol. The van der Waals surface area contributed by atoms with Gasteiger partial charge in [-0.15, -0.1) is 0 Å². The van der Waals surface area contributed by atoms with Gasteiger partial charge < -0.3 is 5.73 Å². The molecule has 0 radical (unpaired) electrons. The second-order valence-electron chi connectivity index (χ2n) is 6.22. The number of sulfonamides is 2. The van der Waals surface area contributed by atoms with E-state index < -0.39 is 20.0 Å². The van der Waals surface area contributed by atoms with Crippen molar-refractivity contribution in [2.24, 2.45) is 5.73 Å². The average Bonchev–Trinajstić information content (AvgIpc) is 2.61. The van der Waals surface area contributed by atoms with Gasteiger partial charge in [0, 0.05) is 26.2 Å². The van der Waals surface area contributed by atoms with E-state index in [0.717, 1.165) is 11.1 Å². The molecule has 2 aromatic carbocycles. The zero-order valence-electron chi connectivity index (χ0n) is 15.4. The molecule has 148 valence electrons. The summed E-state index contributed by atoms with van der Waals surface area (Å²) in [6.07, 6.45) is 0. The molecule has 0 unspecified atom stereocenters. The first-order chi connectivity index (χ1) is 12.7. The van der Waals surface area contributed by atoms with Gasteiger partial charge in [-0.3, -0.25) is 0 Å². The molecule has 0 bridgehead atoms. The Morgan fingerprint density at radius 3 is 1.78 bits per heavy atom.